The van der Waals surface area contributed by atoms with E-state index < -0.39 is 0 Å². The van der Waals surface area contributed by atoms with Gasteiger partial charge in [0.25, 0.3) is 11.8 Å². The van der Waals surface area contributed by atoms with Crippen molar-refractivity contribution in [2.24, 2.45) is 5.73 Å². The molecule has 84 valence electrons. The van der Waals surface area contributed by atoms with E-state index in [4.69, 9.17) is 10.3 Å². The molecule has 0 bridgehead atoms. The molecule has 0 amide bonds. The second kappa shape index (κ2) is 4.32. The van der Waals surface area contributed by atoms with Crippen LogP contribution < -0.4 is 10.6 Å². The van der Waals surface area contributed by atoms with Crippen molar-refractivity contribution in [3.63, 3.8) is 0 Å². The molecular weight excluding hydrogens is 204 g/mol. The van der Waals surface area contributed by atoms with Crippen LogP contribution in [0.25, 0.3) is 11.5 Å². The van der Waals surface area contributed by atoms with Crippen LogP contribution in [0.2, 0.25) is 0 Å². The molecule has 0 unspecified atom stereocenters. The van der Waals surface area contributed by atoms with Crippen molar-refractivity contribution in [2.75, 3.05) is 19.0 Å². The van der Waals surface area contributed by atoms with Crippen LogP contribution in [0, 0.1) is 0 Å². The van der Waals surface area contributed by atoms with Crippen LogP contribution >= 0.6 is 0 Å². The van der Waals surface area contributed by atoms with Gasteiger partial charge in [0.2, 0.25) is 0 Å². The first-order valence-corrected chi connectivity index (χ1v) is 5.01. The van der Waals surface area contributed by atoms with Gasteiger partial charge in [-0.15, -0.1) is 0 Å². The molecule has 0 atom stereocenters. The van der Waals surface area contributed by atoms with Gasteiger partial charge in [0.15, 0.2) is 0 Å². The average Bonchev–Trinajstić information content (AvgIpc) is 2.78. The molecule has 5 nitrogen and oxygen atoms in total. The van der Waals surface area contributed by atoms with E-state index >= 15 is 0 Å². The molecule has 2 N–H and O–H groups in total. The van der Waals surface area contributed by atoms with Gasteiger partial charge in [0.05, 0.1) is 0 Å². The predicted molar refractivity (Wildman–Crippen MR) is 62.0 cm³/mol. The molecule has 16 heavy (non-hydrogen) atoms. The number of nitrogens with zero attached hydrogens (tertiary/aromatic N) is 3. The van der Waals surface area contributed by atoms with Gasteiger partial charge in [0, 0.05) is 26.2 Å². The molecule has 0 aliphatic rings. The van der Waals surface area contributed by atoms with E-state index in [-0.39, 0.29) is 0 Å². The molecule has 0 radical (unpaired) electrons. The first-order valence-electron chi connectivity index (χ1n) is 5.01. The molecule has 1 heterocycles. The topological polar surface area (TPSA) is 68.2 Å². The van der Waals surface area contributed by atoms with Crippen molar-refractivity contribution in [1.82, 2.24) is 10.1 Å². The standard InChI is InChI=1S/C11H14N4O/c1-15(2)11-13-10(16-14-11)9-5-3-4-8(6-9)7-12/h3-6H,7,12H2,1-2H3. The Morgan fingerprint density at radius 3 is 2.81 bits per heavy atom. The molecule has 2 aromatic rings. The molecule has 0 aliphatic carbocycles. The highest BCUT2D eigenvalue weighted by atomic mass is 16.5. The van der Waals surface area contributed by atoms with Crippen molar-refractivity contribution in [3.05, 3.63) is 29.8 Å². The van der Waals surface area contributed by atoms with Crippen LogP contribution in [0.15, 0.2) is 28.8 Å². The molecular formula is C11H14N4O. The molecule has 0 saturated heterocycles. The number of anilines is 1. The van der Waals surface area contributed by atoms with Gasteiger partial charge in [-0.05, 0) is 22.9 Å². The highest BCUT2D eigenvalue weighted by Gasteiger charge is 2.09. The summed E-state index contributed by atoms with van der Waals surface area (Å²) >= 11 is 0. The Labute approximate surface area is 93.9 Å². The van der Waals surface area contributed by atoms with Crippen LogP contribution in [0.3, 0.4) is 0 Å². The average molecular weight is 218 g/mol. The first-order chi connectivity index (χ1) is 7.70. The maximum Gasteiger partial charge on any atom is 0.265 e. The number of benzene rings is 1. The van der Waals surface area contributed by atoms with Crippen molar-refractivity contribution in [3.8, 4) is 11.5 Å². The number of nitrogens with two attached hydrogens (primary N) is 1. The van der Waals surface area contributed by atoms with Gasteiger partial charge in [-0.2, -0.15) is 4.98 Å². The van der Waals surface area contributed by atoms with Gasteiger partial charge < -0.3 is 15.2 Å². The van der Waals surface area contributed by atoms with Crippen molar-refractivity contribution in [1.29, 1.82) is 0 Å². The Bertz CT molecular complexity index is 478. The SMILES string of the molecule is CN(C)c1noc(-c2cccc(CN)c2)n1. The molecule has 0 aliphatic heterocycles. The maximum atomic E-state index is 5.58. The lowest BCUT2D eigenvalue weighted by Gasteiger charge is -2.02. The van der Waals surface area contributed by atoms with Gasteiger partial charge in [0.1, 0.15) is 0 Å². The Hall–Kier alpha value is -1.88. The smallest absolute Gasteiger partial charge is 0.265 e. The number of aromatic nitrogens is 2. The third-order valence-electron chi connectivity index (χ3n) is 2.22. The third kappa shape index (κ3) is 2.04. The Morgan fingerprint density at radius 1 is 1.38 bits per heavy atom. The molecule has 0 spiro atoms. The summed E-state index contributed by atoms with van der Waals surface area (Å²) < 4.78 is 5.17. The molecule has 1 aromatic heterocycles. The monoisotopic (exact) mass is 218 g/mol. The van der Waals surface area contributed by atoms with E-state index in [1.165, 1.54) is 0 Å². The zero-order valence-electron chi connectivity index (χ0n) is 9.34. The van der Waals surface area contributed by atoms with E-state index in [9.17, 15) is 0 Å². The normalized spacial score (nSPS) is 10.4. The predicted octanol–water partition coefficient (Wildman–Crippen LogP) is 1.26. The lowest BCUT2D eigenvalue weighted by atomic mass is 10.1. The van der Waals surface area contributed by atoms with Crippen molar-refractivity contribution in [2.45, 2.75) is 6.54 Å². The van der Waals surface area contributed by atoms with Gasteiger partial charge in [-0.1, -0.05) is 12.1 Å². The van der Waals surface area contributed by atoms with Gasteiger partial charge in [-0.25, -0.2) is 0 Å². The Kier molecular flexibility index (Phi) is 2.87. The fourth-order valence-electron chi connectivity index (χ4n) is 1.35. The third-order valence-corrected chi connectivity index (χ3v) is 2.22. The maximum absolute atomic E-state index is 5.58. The Morgan fingerprint density at radius 2 is 2.19 bits per heavy atom. The summed E-state index contributed by atoms with van der Waals surface area (Å²) in [5.41, 5.74) is 7.51. The van der Waals surface area contributed by atoms with Crippen molar-refractivity contribution < 1.29 is 4.52 Å². The van der Waals surface area contributed by atoms with Crippen LogP contribution in [-0.4, -0.2) is 24.2 Å². The van der Waals surface area contributed by atoms with Gasteiger partial charge in [-0.3, -0.25) is 0 Å². The van der Waals surface area contributed by atoms with Crippen LogP contribution in [0.1, 0.15) is 5.56 Å². The second-order valence-corrected chi connectivity index (χ2v) is 3.70. The van der Waals surface area contributed by atoms with Gasteiger partial charge >= 0.3 is 0 Å². The van der Waals surface area contributed by atoms with Crippen LogP contribution in [0.4, 0.5) is 5.95 Å². The minimum atomic E-state index is 0.502. The summed E-state index contributed by atoms with van der Waals surface area (Å²) in [4.78, 5) is 6.05. The summed E-state index contributed by atoms with van der Waals surface area (Å²) in [6.07, 6.45) is 0. The quantitative estimate of drug-likeness (QED) is 0.840. The molecule has 0 fully saturated rings. The lowest BCUT2D eigenvalue weighted by Crippen LogP contribution is -2.10. The van der Waals surface area contributed by atoms with E-state index in [0.29, 0.717) is 18.4 Å². The highest BCUT2D eigenvalue weighted by Crippen LogP contribution is 2.20. The van der Waals surface area contributed by atoms with E-state index in [0.717, 1.165) is 11.1 Å². The van der Waals surface area contributed by atoms with E-state index in [2.05, 4.69) is 10.1 Å². The second-order valence-electron chi connectivity index (χ2n) is 3.70. The zero-order chi connectivity index (χ0) is 11.5. The molecule has 1 aromatic carbocycles. The summed E-state index contributed by atoms with van der Waals surface area (Å²) in [6, 6.07) is 7.77. The Balaban J connectivity index is 2.34. The molecule has 0 saturated carbocycles. The molecule has 5 heteroatoms. The largest absolute Gasteiger partial charge is 0.344 e. The first kappa shape index (κ1) is 10.6. The summed E-state index contributed by atoms with van der Waals surface area (Å²) in [5.74, 6) is 1.08. The van der Waals surface area contributed by atoms with E-state index in [1.807, 2.05) is 38.4 Å². The number of hydrogen-bond donors (Lipinski definition) is 1. The zero-order valence-corrected chi connectivity index (χ0v) is 9.34. The van der Waals surface area contributed by atoms with Crippen LogP contribution in [-0.2, 0) is 6.54 Å². The molecule has 2 rings (SSSR count). The highest BCUT2D eigenvalue weighted by molar-refractivity contribution is 5.55. The lowest BCUT2D eigenvalue weighted by molar-refractivity contribution is 0.430. The minimum absolute atomic E-state index is 0.502. The number of rotatable bonds is 3. The summed E-state index contributed by atoms with van der Waals surface area (Å²) in [5, 5.41) is 3.86. The van der Waals surface area contributed by atoms with E-state index in [1.54, 1.807) is 4.90 Å². The minimum Gasteiger partial charge on any atom is -0.344 e. The fraction of sp³-hybridized carbons (Fsp3) is 0.273. The summed E-state index contributed by atoms with van der Waals surface area (Å²) in [7, 11) is 3.73. The fourth-order valence-corrected chi connectivity index (χ4v) is 1.35. The number of hydrogen-bond acceptors (Lipinski definition) is 5. The summed E-state index contributed by atoms with van der Waals surface area (Å²) in [6.45, 7) is 0.502. The van der Waals surface area contributed by atoms with Crippen LogP contribution in [0.5, 0.6) is 0 Å². The van der Waals surface area contributed by atoms with Crippen molar-refractivity contribution >= 4 is 5.95 Å².